The first-order chi connectivity index (χ1) is 8.16. The summed E-state index contributed by atoms with van der Waals surface area (Å²) < 4.78 is 5.34. The van der Waals surface area contributed by atoms with Gasteiger partial charge in [-0.25, -0.2) is 0 Å². The van der Waals surface area contributed by atoms with Crippen LogP contribution in [0.15, 0.2) is 24.3 Å². The van der Waals surface area contributed by atoms with E-state index >= 15 is 0 Å². The Hall–Kier alpha value is -1.62. The summed E-state index contributed by atoms with van der Waals surface area (Å²) in [5.41, 5.74) is 6.25. The van der Waals surface area contributed by atoms with Crippen molar-refractivity contribution in [2.45, 2.75) is 12.8 Å². The molecule has 90 valence electrons. The summed E-state index contributed by atoms with van der Waals surface area (Å²) in [4.78, 5) is 13.6. The van der Waals surface area contributed by atoms with E-state index in [1.165, 1.54) is 0 Å². The number of nitrogens with two attached hydrogens (primary N) is 1. The first-order valence-corrected chi connectivity index (χ1v) is 5.89. The third-order valence-corrected chi connectivity index (χ3v) is 2.72. The van der Waals surface area contributed by atoms with Crippen LogP contribution in [0.3, 0.4) is 0 Å². The number of rotatable bonds is 4. The van der Waals surface area contributed by atoms with Crippen LogP contribution >= 0.6 is 12.2 Å². The molecule has 1 fully saturated rings. The lowest BCUT2D eigenvalue weighted by molar-refractivity contribution is -0.117. The lowest BCUT2D eigenvalue weighted by Crippen LogP contribution is -2.23. The van der Waals surface area contributed by atoms with Gasteiger partial charge in [0.1, 0.15) is 17.3 Å². The van der Waals surface area contributed by atoms with E-state index in [0.29, 0.717) is 17.2 Å². The molecule has 2 rings (SSSR count). The fraction of sp³-hybridized carbons (Fsp3) is 0.333. The highest BCUT2D eigenvalue weighted by atomic mass is 32.1. The maximum absolute atomic E-state index is 11.5. The topological polar surface area (TPSA) is 55.6 Å². The molecular formula is C12H14N2O2S. The fourth-order valence-electron chi connectivity index (χ4n) is 1.80. The van der Waals surface area contributed by atoms with Crippen LogP contribution in [0.5, 0.6) is 5.75 Å². The Morgan fingerprint density at radius 1 is 1.41 bits per heavy atom. The third kappa shape index (κ3) is 2.94. The molecule has 0 unspecified atom stereocenters. The molecule has 5 heteroatoms. The van der Waals surface area contributed by atoms with E-state index in [9.17, 15) is 4.79 Å². The molecule has 0 saturated carbocycles. The van der Waals surface area contributed by atoms with E-state index in [4.69, 9.17) is 22.7 Å². The number of anilines is 1. The maximum atomic E-state index is 11.5. The van der Waals surface area contributed by atoms with Crippen molar-refractivity contribution < 1.29 is 9.53 Å². The predicted octanol–water partition coefficient (Wildman–Crippen LogP) is 1.48. The van der Waals surface area contributed by atoms with Crippen molar-refractivity contribution in [1.29, 1.82) is 0 Å². The van der Waals surface area contributed by atoms with Crippen LogP contribution in [0.4, 0.5) is 5.69 Å². The molecule has 1 amide bonds. The lowest BCUT2D eigenvalue weighted by Gasteiger charge is -2.15. The summed E-state index contributed by atoms with van der Waals surface area (Å²) in [5.74, 6) is 0.884. The number of amides is 1. The Morgan fingerprint density at radius 2 is 2.12 bits per heavy atom. The third-order valence-electron chi connectivity index (χ3n) is 2.60. The zero-order chi connectivity index (χ0) is 12.3. The Morgan fingerprint density at radius 3 is 2.65 bits per heavy atom. The van der Waals surface area contributed by atoms with Crippen LogP contribution in [0.25, 0.3) is 0 Å². The number of thiocarbonyl (C=S) groups is 1. The molecule has 17 heavy (non-hydrogen) atoms. The molecule has 1 aromatic rings. The number of hydrogen-bond acceptors (Lipinski definition) is 3. The Balaban J connectivity index is 2.02. The smallest absolute Gasteiger partial charge is 0.227 e. The van der Waals surface area contributed by atoms with Gasteiger partial charge in [-0.1, -0.05) is 12.2 Å². The summed E-state index contributed by atoms with van der Waals surface area (Å²) in [6.45, 7) is 1.03. The second-order valence-electron chi connectivity index (χ2n) is 3.90. The molecule has 0 aliphatic carbocycles. The predicted molar refractivity (Wildman–Crippen MR) is 70.3 cm³/mol. The minimum absolute atomic E-state index is 0.182. The average molecular weight is 250 g/mol. The molecule has 1 aliphatic heterocycles. The van der Waals surface area contributed by atoms with Crippen LogP contribution in [0.1, 0.15) is 12.8 Å². The van der Waals surface area contributed by atoms with Gasteiger partial charge in [-0.05, 0) is 30.7 Å². The Kier molecular flexibility index (Phi) is 3.58. The minimum Gasteiger partial charge on any atom is -0.487 e. The second-order valence-corrected chi connectivity index (χ2v) is 4.42. The van der Waals surface area contributed by atoms with Crippen LogP contribution in [0, 0.1) is 0 Å². The molecule has 0 spiro atoms. The molecule has 0 bridgehead atoms. The van der Waals surface area contributed by atoms with Gasteiger partial charge in [0, 0.05) is 18.7 Å². The molecule has 1 aliphatic rings. The fourth-order valence-corrected chi connectivity index (χ4v) is 1.86. The molecule has 1 saturated heterocycles. The van der Waals surface area contributed by atoms with E-state index in [2.05, 4.69) is 0 Å². The molecule has 1 aromatic carbocycles. The summed E-state index contributed by atoms with van der Waals surface area (Å²) in [6, 6.07) is 7.38. The van der Waals surface area contributed by atoms with Crippen molar-refractivity contribution in [3.05, 3.63) is 24.3 Å². The molecule has 2 N–H and O–H groups in total. The first-order valence-electron chi connectivity index (χ1n) is 5.48. The van der Waals surface area contributed by atoms with Crippen LogP contribution in [-0.2, 0) is 4.79 Å². The van der Waals surface area contributed by atoms with Gasteiger partial charge in [-0.15, -0.1) is 0 Å². The highest BCUT2D eigenvalue weighted by Gasteiger charge is 2.21. The van der Waals surface area contributed by atoms with E-state index < -0.39 is 0 Å². The summed E-state index contributed by atoms with van der Waals surface area (Å²) in [6.07, 6.45) is 1.57. The van der Waals surface area contributed by atoms with Gasteiger partial charge in [0.25, 0.3) is 0 Å². The van der Waals surface area contributed by atoms with Crippen molar-refractivity contribution in [2.75, 3.05) is 18.1 Å². The van der Waals surface area contributed by atoms with Gasteiger partial charge in [-0.3, -0.25) is 4.79 Å². The summed E-state index contributed by atoms with van der Waals surface area (Å²) in [5, 5.41) is 0. The first kappa shape index (κ1) is 11.9. The van der Waals surface area contributed by atoms with Gasteiger partial charge in [0.15, 0.2) is 0 Å². The molecular weight excluding hydrogens is 236 g/mol. The maximum Gasteiger partial charge on any atom is 0.227 e. The van der Waals surface area contributed by atoms with Gasteiger partial charge in [-0.2, -0.15) is 0 Å². The number of nitrogens with zero attached hydrogens (tertiary/aromatic N) is 1. The molecule has 4 nitrogen and oxygen atoms in total. The summed E-state index contributed by atoms with van der Waals surface area (Å²) in [7, 11) is 0. The minimum atomic E-state index is 0.182. The van der Waals surface area contributed by atoms with E-state index in [1.807, 2.05) is 24.3 Å². The number of ether oxygens (including phenoxy) is 1. The summed E-state index contributed by atoms with van der Waals surface area (Å²) >= 11 is 4.72. The molecule has 0 aromatic heterocycles. The van der Waals surface area contributed by atoms with Gasteiger partial charge < -0.3 is 15.4 Å². The monoisotopic (exact) mass is 250 g/mol. The Labute approximate surface area is 105 Å². The number of benzene rings is 1. The molecule has 0 radical (unpaired) electrons. The van der Waals surface area contributed by atoms with Gasteiger partial charge in [0.2, 0.25) is 5.91 Å². The zero-order valence-electron chi connectivity index (χ0n) is 9.39. The van der Waals surface area contributed by atoms with Gasteiger partial charge >= 0.3 is 0 Å². The van der Waals surface area contributed by atoms with Crippen molar-refractivity contribution in [2.24, 2.45) is 5.73 Å². The van der Waals surface area contributed by atoms with Crippen LogP contribution in [-0.4, -0.2) is 24.0 Å². The molecule has 0 atom stereocenters. The van der Waals surface area contributed by atoms with Crippen molar-refractivity contribution >= 4 is 28.8 Å². The normalized spacial score (nSPS) is 15.1. The van der Waals surface area contributed by atoms with Crippen LogP contribution < -0.4 is 15.4 Å². The second kappa shape index (κ2) is 5.14. The SMILES string of the molecule is NC(=S)COc1ccc(N2CCCC2=O)cc1. The van der Waals surface area contributed by atoms with E-state index in [0.717, 1.165) is 18.7 Å². The highest BCUT2D eigenvalue weighted by Crippen LogP contribution is 2.23. The van der Waals surface area contributed by atoms with Crippen LogP contribution in [0.2, 0.25) is 0 Å². The van der Waals surface area contributed by atoms with Crippen molar-refractivity contribution in [3.8, 4) is 5.75 Å². The van der Waals surface area contributed by atoms with E-state index in [1.54, 1.807) is 4.90 Å². The van der Waals surface area contributed by atoms with Gasteiger partial charge in [0.05, 0.1) is 0 Å². The average Bonchev–Trinajstić information content (AvgIpc) is 2.73. The standard InChI is InChI=1S/C12H14N2O2S/c13-11(17)8-16-10-5-3-9(4-6-10)14-7-1-2-12(14)15/h3-6H,1-2,7-8H2,(H2,13,17). The highest BCUT2D eigenvalue weighted by molar-refractivity contribution is 7.80. The van der Waals surface area contributed by atoms with E-state index in [-0.39, 0.29) is 12.5 Å². The number of hydrogen-bond donors (Lipinski definition) is 1. The lowest BCUT2D eigenvalue weighted by atomic mass is 10.3. The van der Waals surface area contributed by atoms with Crippen molar-refractivity contribution in [1.82, 2.24) is 0 Å². The zero-order valence-corrected chi connectivity index (χ0v) is 10.2. The Bertz CT molecular complexity index is 431. The molecule has 1 heterocycles. The number of carbonyl (C=O) groups is 1. The van der Waals surface area contributed by atoms with Crippen molar-refractivity contribution in [3.63, 3.8) is 0 Å². The largest absolute Gasteiger partial charge is 0.487 e. The number of carbonyl (C=O) groups excluding carboxylic acids is 1. The quantitative estimate of drug-likeness (QED) is 0.822.